The van der Waals surface area contributed by atoms with Gasteiger partial charge in [0.2, 0.25) is 11.8 Å². The number of rotatable bonds is 13. The molecule has 0 saturated carbocycles. The Bertz CT molecular complexity index is 1090. The highest BCUT2D eigenvalue weighted by Gasteiger charge is 2.56. The number of imide groups is 1. The fraction of sp³-hybridized carbons (Fsp3) is 0.520. The van der Waals surface area contributed by atoms with E-state index >= 15 is 0 Å². The first-order valence-electron chi connectivity index (χ1n) is 12.2. The van der Waals surface area contributed by atoms with Crippen molar-refractivity contribution in [2.45, 2.75) is 60.7 Å². The van der Waals surface area contributed by atoms with E-state index in [1.54, 1.807) is 30.3 Å². The first-order valence-corrected chi connectivity index (χ1v) is 13.1. The van der Waals surface area contributed by atoms with Crippen LogP contribution < -0.4 is 16.4 Å². The molecule has 1 aromatic carbocycles. The number of Topliss-reactive ketones (excluding diaryl/α,β-unsaturated/α-hetero) is 1. The smallest absolute Gasteiger partial charge is 0.275 e. The van der Waals surface area contributed by atoms with E-state index in [2.05, 4.69) is 10.6 Å². The summed E-state index contributed by atoms with van der Waals surface area (Å²) in [6, 6.07) is 5.14. The topological polar surface area (TPSA) is 203 Å². The number of alkyl halides is 2. The third kappa shape index (κ3) is 6.71. The van der Waals surface area contributed by atoms with Gasteiger partial charge in [-0.15, -0.1) is 23.2 Å². The molecule has 14 heteroatoms. The van der Waals surface area contributed by atoms with Crippen molar-refractivity contribution in [2.24, 2.45) is 5.73 Å². The molecule has 0 aliphatic carbocycles. The Morgan fingerprint density at radius 1 is 1.28 bits per heavy atom. The highest BCUT2D eigenvalue weighted by molar-refractivity contribution is 6.42. The average molecular weight is 586 g/mol. The molecule has 1 heterocycles. The van der Waals surface area contributed by atoms with Crippen LogP contribution in [0.25, 0.3) is 0 Å². The Hall–Kier alpha value is -2.74. The van der Waals surface area contributed by atoms with E-state index in [4.69, 9.17) is 34.3 Å². The van der Waals surface area contributed by atoms with Crippen LogP contribution in [0.4, 0.5) is 0 Å². The zero-order valence-electron chi connectivity index (χ0n) is 21.5. The highest BCUT2D eigenvalue weighted by Crippen LogP contribution is 2.27. The van der Waals surface area contributed by atoms with Crippen LogP contribution in [0.5, 0.6) is 0 Å². The zero-order valence-corrected chi connectivity index (χ0v) is 23.0. The number of nitrogens with zero attached hydrogens (tertiary/aromatic N) is 1. The van der Waals surface area contributed by atoms with Gasteiger partial charge in [-0.1, -0.05) is 37.3 Å². The summed E-state index contributed by atoms with van der Waals surface area (Å²) in [5.74, 6) is -5.61. The number of aliphatic hydroxyl groups excluding tert-OH is 2. The lowest BCUT2D eigenvalue weighted by Crippen LogP contribution is -2.71. The normalized spacial score (nSPS) is 22.6. The molecule has 1 aromatic rings. The first kappa shape index (κ1) is 32.5. The molecule has 214 valence electrons. The lowest BCUT2D eigenvalue weighted by Gasteiger charge is -2.40. The number of halogens is 2. The summed E-state index contributed by atoms with van der Waals surface area (Å²) in [5, 5.41) is 32.1. The molecule has 2 rings (SSSR count). The van der Waals surface area contributed by atoms with Gasteiger partial charge in [0.05, 0.1) is 35.1 Å². The lowest BCUT2D eigenvalue weighted by atomic mass is 9.85. The molecular formula is C25H33Cl2N5O7. The number of aldehydes is 1. The standard InChI is InChI=1S/C25H33Cl2N5O7/c1-3-17(29)23(38)32(24(39)20-18(27)16(26)10-30-20)25(11-33,12-34)21(36)19(13(2)35)31-22(37)15(9-28)14-7-5-4-6-8-14/h4-8,11,13,15-16,18-20,29-30,34-35H,3,9-10,12,28H2,1-2H3,(H,31,37)/t13-,15?,16+,18+,19-,20-,25+/m0/s1. The number of aliphatic hydroxyl groups is 2. The number of amides is 3. The molecule has 7 N–H and O–H groups in total. The number of nitrogens with one attached hydrogen (secondary N) is 3. The van der Waals surface area contributed by atoms with Crippen LogP contribution in [0.1, 0.15) is 31.7 Å². The summed E-state index contributed by atoms with van der Waals surface area (Å²) < 4.78 is 0. The Balaban J connectivity index is 2.57. The van der Waals surface area contributed by atoms with E-state index in [-0.39, 0.29) is 30.7 Å². The second-order valence-electron chi connectivity index (χ2n) is 9.15. The Morgan fingerprint density at radius 3 is 2.33 bits per heavy atom. The van der Waals surface area contributed by atoms with Crippen molar-refractivity contribution in [3.05, 3.63) is 35.9 Å². The van der Waals surface area contributed by atoms with Gasteiger partial charge >= 0.3 is 0 Å². The Kier molecular flexibility index (Phi) is 11.7. The van der Waals surface area contributed by atoms with Crippen LogP contribution in [0.2, 0.25) is 0 Å². The Labute approximate surface area is 235 Å². The fourth-order valence-corrected chi connectivity index (χ4v) is 4.74. The SMILES string of the molecule is CCC(=N)C(=O)N(C(=O)[C@H]1NC[C@@H](Cl)[C@H]1Cl)[C@](C=O)(CO)C(=O)[C@@H](NC(=O)C(CN)c1ccccc1)[C@H](C)O. The molecule has 1 saturated heterocycles. The molecule has 1 aliphatic heterocycles. The van der Waals surface area contributed by atoms with E-state index < -0.39 is 76.2 Å². The minimum Gasteiger partial charge on any atom is -0.393 e. The van der Waals surface area contributed by atoms with E-state index in [9.17, 15) is 34.2 Å². The average Bonchev–Trinajstić information content (AvgIpc) is 3.27. The number of benzene rings is 1. The van der Waals surface area contributed by atoms with Gasteiger partial charge in [0, 0.05) is 13.1 Å². The molecular weight excluding hydrogens is 553 g/mol. The van der Waals surface area contributed by atoms with Crippen molar-refractivity contribution in [2.75, 3.05) is 19.7 Å². The summed E-state index contributed by atoms with van der Waals surface area (Å²) in [7, 11) is 0. The summed E-state index contributed by atoms with van der Waals surface area (Å²) >= 11 is 12.3. The Morgan fingerprint density at radius 2 is 1.90 bits per heavy atom. The third-order valence-electron chi connectivity index (χ3n) is 6.58. The fourth-order valence-electron chi connectivity index (χ4n) is 4.22. The summed E-state index contributed by atoms with van der Waals surface area (Å²) in [6.07, 6.45) is -1.94. The van der Waals surface area contributed by atoms with Crippen LogP contribution in [-0.2, 0) is 24.0 Å². The number of nitrogens with two attached hydrogens (primary N) is 1. The summed E-state index contributed by atoms with van der Waals surface area (Å²) in [6.45, 7) is 1.08. The van der Waals surface area contributed by atoms with Gasteiger partial charge in [0.25, 0.3) is 5.91 Å². The van der Waals surface area contributed by atoms with E-state index in [1.165, 1.54) is 6.92 Å². The van der Waals surface area contributed by atoms with Gasteiger partial charge in [-0.3, -0.25) is 29.5 Å². The monoisotopic (exact) mass is 585 g/mol. The van der Waals surface area contributed by atoms with E-state index in [1.807, 2.05) is 0 Å². The molecule has 0 aromatic heterocycles. The van der Waals surface area contributed by atoms with Crippen LogP contribution in [-0.4, -0.2) is 105 Å². The molecule has 12 nitrogen and oxygen atoms in total. The van der Waals surface area contributed by atoms with Gasteiger partial charge < -0.3 is 31.4 Å². The van der Waals surface area contributed by atoms with E-state index in [0.29, 0.717) is 5.56 Å². The lowest BCUT2D eigenvalue weighted by molar-refractivity contribution is -0.162. The van der Waals surface area contributed by atoms with Gasteiger partial charge in [-0.05, 0) is 18.9 Å². The van der Waals surface area contributed by atoms with Crippen LogP contribution >= 0.6 is 23.2 Å². The molecule has 3 amide bonds. The minimum absolute atomic E-state index is 0.0624. The number of hydrogen-bond donors (Lipinski definition) is 6. The first-order chi connectivity index (χ1) is 18.4. The maximum Gasteiger partial charge on any atom is 0.275 e. The predicted molar refractivity (Wildman–Crippen MR) is 144 cm³/mol. The largest absolute Gasteiger partial charge is 0.393 e. The van der Waals surface area contributed by atoms with Gasteiger partial charge in [0.1, 0.15) is 12.1 Å². The summed E-state index contributed by atoms with van der Waals surface area (Å²) in [5.41, 5.74) is 2.73. The molecule has 7 atom stereocenters. The van der Waals surface area contributed by atoms with Crippen molar-refractivity contribution in [3.8, 4) is 0 Å². The number of carbonyl (C=O) groups is 5. The molecule has 1 unspecified atom stereocenters. The number of carbonyl (C=O) groups excluding carboxylic acids is 5. The third-order valence-corrected chi connectivity index (χ3v) is 7.69. The number of hydrogen-bond acceptors (Lipinski definition) is 10. The van der Waals surface area contributed by atoms with Crippen molar-refractivity contribution < 1.29 is 34.2 Å². The van der Waals surface area contributed by atoms with Gasteiger partial charge in [-0.25, -0.2) is 0 Å². The van der Waals surface area contributed by atoms with Crippen LogP contribution in [0.3, 0.4) is 0 Å². The molecule has 39 heavy (non-hydrogen) atoms. The molecule has 0 spiro atoms. The summed E-state index contributed by atoms with van der Waals surface area (Å²) in [4.78, 5) is 66.6. The van der Waals surface area contributed by atoms with Crippen LogP contribution in [0, 0.1) is 5.41 Å². The minimum atomic E-state index is -2.92. The molecule has 1 aliphatic rings. The second-order valence-corrected chi connectivity index (χ2v) is 10.2. The molecule has 0 bridgehead atoms. The van der Waals surface area contributed by atoms with Crippen molar-refractivity contribution in [1.82, 2.24) is 15.5 Å². The van der Waals surface area contributed by atoms with Crippen LogP contribution in [0.15, 0.2) is 30.3 Å². The maximum atomic E-state index is 13.9. The molecule has 0 radical (unpaired) electrons. The van der Waals surface area contributed by atoms with Crippen molar-refractivity contribution in [3.63, 3.8) is 0 Å². The molecule has 1 fully saturated rings. The van der Waals surface area contributed by atoms with Crippen molar-refractivity contribution >= 4 is 58.7 Å². The zero-order chi connectivity index (χ0) is 29.5. The number of ketones is 1. The predicted octanol–water partition coefficient (Wildman–Crippen LogP) is -0.935. The second kappa shape index (κ2) is 14.1. The quantitative estimate of drug-likeness (QED) is 0.0730. The maximum absolute atomic E-state index is 13.9. The van der Waals surface area contributed by atoms with Crippen molar-refractivity contribution in [1.29, 1.82) is 5.41 Å². The van der Waals surface area contributed by atoms with E-state index in [0.717, 1.165) is 6.92 Å². The van der Waals surface area contributed by atoms with Gasteiger partial charge in [0.15, 0.2) is 17.6 Å². The highest BCUT2D eigenvalue weighted by atomic mass is 35.5. The van der Waals surface area contributed by atoms with Gasteiger partial charge in [-0.2, -0.15) is 0 Å².